The molecule has 29 heavy (non-hydrogen) atoms. The molecule has 8 heteroatoms. The monoisotopic (exact) mass is 385 g/mol. The molecular weight excluding hydrogens is 366 g/mol. The second kappa shape index (κ2) is 7.33. The van der Waals surface area contributed by atoms with E-state index in [1.54, 1.807) is 23.0 Å². The number of rotatable bonds is 5. The van der Waals surface area contributed by atoms with Gasteiger partial charge in [-0.2, -0.15) is 10.2 Å². The van der Waals surface area contributed by atoms with Gasteiger partial charge in [0.25, 0.3) is 5.91 Å². The van der Waals surface area contributed by atoms with Gasteiger partial charge in [-0.25, -0.2) is 9.67 Å². The minimum atomic E-state index is -0.278. The highest BCUT2D eigenvalue weighted by atomic mass is 16.1. The van der Waals surface area contributed by atoms with Crippen LogP contribution in [0.3, 0.4) is 0 Å². The number of anilines is 1. The first-order chi connectivity index (χ1) is 14.3. The van der Waals surface area contributed by atoms with Crippen molar-refractivity contribution in [1.82, 2.24) is 30.3 Å². The Morgan fingerprint density at radius 2 is 1.97 bits per heavy atom. The van der Waals surface area contributed by atoms with E-state index in [0.29, 0.717) is 17.1 Å². The molecule has 0 bridgehead atoms. The molecule has 0 spiro atoms. The van der Waals surface area contributed by atoms with Gasteiger partial charge in [0.15, 0.2) is 0 Å². The lowest BCUT2D eigenvalue weighted by atomic mass is 10.0. The standard InChI is InChI=1S/C21H19N7O/c29-21(18-8-4-7-15(24-18)16-10-12-23-26-16)25-19-13-28(14-5-2-1-3-6-14)27-20(19)17-9-11-22-17/h1-8,10,12-13,17,22H,9,11H2,(H,23,26)(H,25,29). The Hall–Kier alpha value is -3.78. The van der Waals surface area contributed by atoms with Crippen LogP contribution in [0.2, 0.25) is 0 Å². The summed E-state index contributed by atoms with van der Waals surface area (Å²) in [6.07, 6.45) is 4.49. The summed E-state index contributed by atoms with van der Waals surface area (Å²) in [5.74, 6) is -0.278. The minimum Gasteiger partial charge on any atom is -0.318 e. The van der Waals surface area contributed by atoms with Crippen LogP contribution in [0.25, 0.3) is 17.1 Å². The molecule has 5 rings (SSSR count). The maximum atomic E-state index is 12.9. The van der Waals surface area contributed by atoms with Crippen LogP contribution in [0.1, 0.15) is 28.6 Å². The highest BCUT2D eigenvalue weighted by Crippen LogP contribution is 2.29. The minimum absolute atomic E-state index is 0.138. The summed E-state index contributed by atoms with van der Waals surface area (Å²) < 4.78 is 1.79. The Morgan fingerprint density at radius 1 is 1.10 bits per heavy atom. The zero-order valence-corrected chi connectivity index (χ0v) is 15.5. The highest BCUT2D eigenvalue weighted by molar-refractivity contribution is 6.03. The number of benzene rings is 1. The second-order valence-electron chi connectivity index (χ2n) is 6.84. The van der Waals surface area contributed by atoms with E-state index in [4.69, 9.17) is 5.10 Å². The van der Waals surface area contributed by atoms with Crippen molar-refractivity contribution in [2.75, 3.05) is 11.9 Å². The third-order valence-electron chi connectivity index (χ3n) is 4.92. The third kappa shape index (κ3) is 3.41. The molecule has 1 unspecified atom stereocenters. The van der Waals surface area contributed by atoms with E-state index >= 15 is 0 Å². The quantitative estimate of drug-likeness (QED) is 0.490. The SMILES string of the molecule is O=C(Nc1cn(-c2ccccc2)nc1C1CCN1)c1cccc(-c2ccn[nH]2)n1. The fraction of sp³-hybridized carbons (Fsp3) is 0.143. The average molecular weight is 385 g/mol. The topological polar surface area (TPSA) is 101 Å². The summed E-state index contributed by atoms with van der Waals surface area (Å²) in [5, 5.41) is 17.9. The molecular formula is C21H19N7O. The molecule has 0 aliphatic carbocycles. The van der Waals surface area contributed by atoms with Gasteiger partial charge in [0.2, 0.25) is 0 Å². The van der Waals surface area contributed by atoms with Gasteiger partial charge in [0.05, 0.1) is 35.0 Å². The number of carbonyl (C=O) groups is 1. The molecule has 3 aromatic heterocycles. The van der Waals surface area contributed by atoms with Gasteiger partial charge >= 0.3 is 0 Å². The number of carbonyl (C=O) groups excluding carboxylic acids is 1. The zero-order valence-electron chi connectivity index (χ0n) is 15.5. The zero-order chi connectivity index (χ0) is 19.6. The Labute approximate surface area is 167 Å². The molecule has 1 amide bonds. The average Bonchev–Trinajstić information content (AvgIpc) is 3.39. The Bertz CT molecular complexity index is 1130. The van der Waals surface area contributed by atoms with Gasteiger partial charge in [-0.15, -0.1) is 0 Å². The van der Waals surface area contributed by atoms with Crippen molar-refractivity contribution in [2.24, 2.45) is 0 Å². The van der Waals surface area contributed by atoms with Gasteiger partial charge in [-0.05, 0) is 43.3 Å². The number of nitrogens with zero attached hydrogens (tertiary/aromatic N) is 4. The Balaban J connectivity index is 1.44. The molecule has 3 N–H and O–H groups in total. The number of pyridine rings is 1. The molecule has 1 fully saturated rings. The second-order valence-corrected chi connectivity index (χ2v) is 6.84. The first kappa shape index (κ1) is 17.3. The van der Waals surface area contributed by atoms with Gasteiger partial charge in [0.1, 0.15) is 11.4 Å². The summed E-state index contributed by atoms with van der Waals surface area (Å²) in [7, 11) is 0. The van der Waals surface area contributed by atoms with E-state index < -0.39 is 0 Å². The lowest BCUT2D eigenvalue weighted by molar-refractivity contribution is 0.102. The highest BCUT2D eigenvalue weighted by Gasteiger charge is 2.26. The van der Waals surface area contributed by atoms with Crippen LogP contribution in [0, 0.1) is 0 Å². The summed E-state index contributed by atoms with van der Waals surface area (Å²) >= 11 is 0. The van der Waals surface area contributed by atoms with E-state index in [0.717, 1.165) is 30.0 Å². The predicted octanol–water partition coefficient (Wildman–Crippen LogP) is 2.94. The summed E-state index contributed by atoms with van der Waals surface area (Å²) in [6.45, 7) is 0.948. The normalized spacial score (nSPS) is 15.7. The summed E-state index contributed by atoms with van der Waals surface area (Å²) in [4.78, 5) is 17.4. The Kier molecular flexibility index (Phi) is 4.38. The van der Waals surface area contributed by atoms with E-state index in [1.165, 1.54) is 0 Å². The van der Waals surface area contributed by atoms with E-state index in [-0.39, 0.29) is 11.9 Å². The van der Waals surface area contributed by atoms with Gasteiger partial charge in [0, 0.05) is 6.20 Å². The van der Waals surface area contributed by atoms with Crippen molar-refractivity contribution in [3.05, 3.63) is 78.4 Å². The third-order valence-corrected chi connectivity index (χ3v) is 4.92. The van der Waals surface area contributed by atoms with Crippen LogP contribution < -0.4 is 10.6 Å². The molecule has 4 heterocycles. The maximum Gasteiger partial charge on any atom is 0.274 e. The molecule has 4 aromatic rings. The molecule has 8 nitrogen and oxygen atoms in total. The van der Waals surface area contributed by atoms with Crippen molar-refractivity contribution in [3.63, 3.8) is 0 Å². The van der Waals surface area contributed by atoms with Crippen LogP contribution in [0.4, 0.5) is 5.69 Å². The number of hydrogen-bond acceptors (Lipinski definition) is 5. The molecule has 0 saturated carbocycles. The Morgan fingerprint density at radius 3 is 2.69 bits per heavy atom. The molecule has 1 aromatic carbocycles. The number of para-hydroxylation sites is 1. The number of aromatic nitrogens is 5. The van der Waals surface area contributed by atoms with Crippen LogP contribution in [0.15, 0.2) is 67.0 Å². The molecule has 1 atom stereocenters. The number of aromatic amines is 1. The lowest BCUT2D eigenvalue weighted by Crippen LogP contribution is -2.36. The fourth-order valence-corrected chi connectivity index (χ4v) is 3.27. The predicted molar refractivity (Wildman–Crippen MR) is 109 cm³/mol. The van der Waals surface area contributed by atoms with Crippen molar-refractivity contribution in [2.45, 2.75) is 12.5 Å². The number of H-pyrrole nitrogens is 1. The molecule has 1 saturated heterocycles. The summed E-state index contributed by atoms with van der Waals surface area (Å²) in [6, 6.07) is 17.1. The van der Waals surface area contributed by atoms with Crippen molar-refractivity contribution < 1.29 is 4.79 Å². The summed E-state index contributed by atoms with van der Waals surface area (Å²) in [5.41, 5.74) is 4.21. The molecule has 1 aliphatic heterocycles. The molecule has 144 valence electrons. The van der Waals surface area contributed by atoms with Gasteiger partial charge < -0.3 is 10.6 Å². The van der Waals surface area contributed by atoms with E-state index in [9.17, 15) is 4.79 Å². The van der Waals surface area contributed by atoms with Crippen LogP contribution in [-0.2, 0) is 0 Å². The van der Waals surface area contributed by atoms with Crippen molar-refractivity contribution in [3.8, 4) is 17.1 Å². The first-order valence-electron chi connectivity index (χ1n) is 9.44. The number of hydrogen-bond donors (Lipinski definition) is 3. The van der Waals surface area contributed by atoms with Crippen molar-refractivity contribution in [1.29, 1.82) is 0 Å². The smallest absolute Gasteiger partial charge is 0.274 e. The number of amides is 1. The number of nitrogens with one attached hydrogen (secondary N) is 3. The van der Waals surface area contributed by atoms with Crippen LogP contribution >= 0.6 is 0 Å². The van der Waals surface area contributed by atoms with Crippen LogP contribution in [-0.4, -0.2) is 37.4 Å². The first-order valence-corrected chi connectivity index (χ1v) is 9.44. The molecule has 1 aliphatic rings. The lowest BCUT2D eigenvalue weighted by Gasteiger charge is -2.26. The van der Waals surface area contributed by atoms with E-state index in [2.05, 4.69) is 25.8 Å². The van der Waals surface area contributed by atoms with Gasteiger partial charge in [-0.1, -0.05) is 24.3 Å². The van der Waals surface area contributed by atoms with E-state index in [1.807, 2.05) is 48.7 Å². The molecule has 0 radical (unpaired) electrons. The van der Waals surface area contributed by atoms with Gasteiger partial charge in [-0.3, -0.25) is 9.89 Å². The van der Waals surface area contributed by atoms with Crippen LogP contribution in [0.5, 0.6) is 0 Å². The van der Waals surface area contributed by atoms with Crippen molar-refractivity contribution >= 4 is 11.6 Å². The maximum absolute atomic E-state index is 12.9. The fourth-order valence-electron chi connectivity index (χ4n) is 3.27. The largest absolute Gasteiger partial charge is 0.318 e.